The van der Waals surface area contributed by atoms with E-state index in [9.17, 15) is 12.8 Å². The lowest BCUT2D eigenvalue weighted by atomic mass is 10.3. The summed E-state index contributed by atoms with van der Waals surface area (Å²) in [5, 5.41) is 10.5. The van der Waals surface area contributed by atoms with Gasteiger partial charge in [0.05, 0.1) is 10.7 Å². The Kier molecular flexibility index (Phi) is 3.97. The first-order valence-corrected chi connectivity index (χ1v) is 7.97. The normalized spacial score (nSPS) is 11.4. The van der Waals surface area contributed by atoms with E-state index in [4.69, 9.17) is 15.8 Å². The molecule has 3 rings (SSSR count). The second-order valence-corrected chi connectivity index (χ2v) is 6.29. The molecule has 0 aliphatic rings. The molecule has 0 bridgehead atoms. The fourth-order valence-corrected chi connectivity index (χ4v) is 3.21. The van der Waals surface area contributed by atoms with E-state index in [1.165, 1.54) is 23.1 Å². The zero-order valence-corrected chi connectivity index (χ0v) is 12.9. The minimum absolute atomic E-state index is 0.0123. The zero-order chi connectivity index (χ0) is 16.4. The number of benzene rings is 2. The van der Waals surface area contributed by atoms with Crippen LogP contribution in [0.15, 0.2) is 53.7 Å². The smallest absolute Gasteiger partial charge is 0.340 e. The van der Waals surface area contributed by atoms with Crippen LogP contribution in [0, 0.1) is 5.82 Å². The Labute approximate surface area is 135 Å². The highest BCUT2D eigenvalue weighted by Gasteiger charge is 2.21. The van der Waals surface area contributed by atoms with E-state index >= 15 is 0 Å². The molecule has 1 heterocycles. The maximum Gasteiger partial charge on any atom is 0.340 e. The first kappa shape index (κ1) is 15.4. The van der Waals surface area contributed by atoms with Gasteiger partial charge in [-0.2, -0.15) is 8.42 Å². The Balaban J connectivity index is 1.95. The van der Waals surface area contributed by atoms with Gasteiger partial charge < -0.3 is 4.18 Å². The van der Waals surface area contributed by atoms with Crippen molar-refractivity contribution in [3.05, 3.63) is 59.6 Å². The molecule has 0 saturated heterocycles. The molecule has 10 heteroatoms. The Morgan fingerprint density at radius 3 is 2.74 bits per heavy atom. The first-order chi connectivity index (χ1) is 11.0. The maximum atomic E-state index is 13.3. The molecule has 23 heavy (non-hydrogen) atoms. The Morgan fingerprint density at radius 2 is 2.00 bits per heavy atom. The molecule has 2 aromatic carbocycles. The van der Waals surface area contributed by atoms with Crippen LogP contribution in [0.5, 0.6) is 5.75 Å². The average molecular weight is 355 g/mol. The molecule has 0 amide bonds. The van der Waals surface area contributed by atoms with E-state index in [1.54, 1.807) is 12.1 Å². The number of tetrazole rings is 1. The van der Waals surface area contributed by atoms with E-state index < -0.39 is 20.8 Å². The van der Waals surface area contributed by atoms with Crippen molar-refractivity contribution >= 4 is 21.7 Å². The maximum absolute atomic E-state index is 13.3. The number of aromatic nitrogens is 4. The Morgan fingerprint density at radius 1 is 1.17 bits per heavy atom. The number of rotatable bonds is 4. The van der Waals surface area contributed by atoms with Crippen molar-refractivity contribution in [2.24, 2.45) is 0 Å². The second-order valence-electron chi connectivity index (χ2n) is 4.36. The molecular formula is C13H8ClFN4O3S. The van der Waals surface area contributed by atoms with Gasteiger partial charge in [0.2, 0.25) is 0 Å². The summed E-state index contributed by atoms with van der Waals surface area (Å²) < 4.78 is 44.1. The highest BCUT2D eigenvalue weighted by Crippen LogP contribution is 2.26. The lowest BCUT2D eigenvalue weighted by Gasteiger charge is -2.09. The van der Waals surface area contributed by atoms with Crippen molar-refractivity contribution in [2.75, 3.05) is 0 Å². The van der Waals surface area contributed by atoms with Crippen molar-refractivity contribution < 1.29 is 17.0 Å². The molecule has 0 radical (unpaired) electrons. The van der Waals surface area contributed by atoms with Crippen LogP contribution in [-0.2, 0) is 10.1 Å². The molecule has 0 N–H and O–H groups in total. The van der Waals surface area contributed by atoms with Crippen LogP contribution in [0.1, 0.15) is 0 Å². The molecule has 1 aromatic heterocycles. The van der Waals surface area contributed by atoms with Crippen LogP contribution in [0.2, 0.25) is 5.02 Å². The van der Waals surface area contributed by atoms with E-state index in [1.807, 2.05) is 0 Å². The monoisotopic (exact) mass is 354 g/mol. The van der Waals surface area contributed by atoms with Crippen LogP contribution >= 0.6 is 11.6 Å². The van der Waals surface area contributed by atoms with Crippen molar-refractivity contribution in [2.45, 2.75) is 4.90 Å². The van der Waals surface area contributed by atoms with Crippen molar-refractivity contribution in [3.8, 4) is 11.4 Å². The molecular weight excluding hydrogens is 347 g/mol. The third-order valence-corrected chi connectivity index (χ3v) is 4.53. The van der Waals surface area contributed by atoms with Gasteiger partial charge >= 0.3 is 10.1 Å². The number of halogens is 2. The molecule has 0 aliphatic heterocycles. The summed E-state index contributed by atoms with van der Waals surface area (Å²) in [7, 11) is -4.28. The molecule has 0 aliphatic carbocycles. The predicted molar refractivity (Wildman–Crippen MR) is 78.4 cm³/mol. The van der Waals surface area contributed by atoms with Gasteiger partial charge in [0.25, 0.3) is 0 Å². The van der Waals surface area contributed by atoms with Gasteiger partial charge in [-0.25, -0.2) is 9.07 Å². The lowest BCUT2D eigenvalue weighted by Crippen LogP contribution is -2.11. The van der Waals surface area contributed by atoms with Crippen LogP contribution < -0.4 is 4.18 Å². The highest BCUT2D eigenvalue weighted by atomic mass is 35.5. The SMILES string of the molecule is O=S(=O)(Oc1cccc(-n2cnnn2)c1)c1cc(F)ccc1Cl. The number of nitrogens with zero attached hydrogens (tertiary/aromatic N) is 4. The molecule has 0 spiro atoms. The number of hydrogen-bond acceptors (Lipinski definition) is 6. The fourth-order valence-electron chi connectivity index (χ4n) is 1.80. The summed E-state index contributed by atoms with van der Waals surface area (Å²) in [6, 6.07) is 9.06. The van der Waals surface area contributed by atoms with E-state index in [0.29, 0.717) is 5.69 Å². The molecule has 0 saturated carbocycles. The van der Waals surface area contributed by atoms with E-state index in [2.05, 4.69) is 15.5 Å². The minimum atomic E-state index is -4.28. The van der Waals surface area contributed by atoms with Gasteiger partial charge in [-0.3, -0.25) is 0 Å². The summed E-state index contributed by atoms with van der Waals surface area (Å²) in [6.07, 6.45) is 1.34. The third-order valence-electron chi connectivity index (χ3n) is 2.80. The zero-order valence-electron chi connectivity index (χ0n) is 11.3. The largest absolute Gasteiger partial charge is 0.379 e. The Bertz CT molecular complexity index is 948. The molecule has 3 aromatic rings. The molecule has 118 valence electrons. The third kappa shape index (κ3) is 3.30. The molecule has 0 fully saturated rings. The van der Waals surface area contributed by atoms with E-state index in [0.717, 1.165) is 18.2 Å². The quantitative estimate of drug-likeness (QED) is 0.668. The predicted octanol–water partition coefficient (Wildman–Crippen LogP) is 2.22. The standard InChI is InChI=1S/C13H8ClFN4O3S/c14-12-5-4-9(15)6-13(12)23(20,21)22-11-3-1-2-10(7-11)19-8-16-17-18-19/h1-8H. The molecule has 7 nitrogen and oxygen atoms in total. The van der Waals surface area contributed by atoms with Gasteiger partial charge in [0.15, 0.2) is 0 Å². The van der Waals surface area contributed by atoms with Crippen molar-refractivity contribution in [3.63, 3.8) is 0 Å². The topological polar surface area (TPSA) is 87.0 Å². The summed E-state index contributed by atoms with van der Waals surface area (Å²) in [5.74, 6) is -0.725. The fraction of sp³-hybridized carbons (Fsp3) is 0. The first-order valence-electron chi connectivity index (χ1n) is 6.19. The van der Waals surface area contributed by atoms with Gasteiger partial charge in [-0.15, -0.1) is 5.10 Å². The number of hydrogen-bond donors (Lipinski definition) is 0. The van der Waals surface area contributed by atoms with Gasteiger partial charge in [0, 0.05) is 6.07 Å². The summed E-state index contributed by atoms with van der Waals surface area (Å²) >= 11 is 5.80. The Hall–Kier alpha value is -2.52. The van der Waals surface area contributed by atoms with Gasteiger partial charge in [-0.1, -0.05) is 17.7 Å². The molecule has 0 atom stereocenters. The summed E-state index contributed by atoms with van der Waals surface area (Å²) in [5.41, 5.74) is 0.494. The van der Waals surface area contributed by atoms with Crippen LogP contribution in [-0.4, -0.2) is 28.6 Å². The van der Waals surface area contributed by atoms with Gasteiger partial charge in [-0.05, 0) is 40.8 Å². The van der Waals surface area contributed by atoms with Crippen LogP contribution in [0.4, 0.5) is 4.39 Å². The van der Waals surface area contributed by atoms with Gasteiger partial charge in [0.1, 0.15) is 22.8 Å². The second kappa shape index (κ2) is 5.94. The molecule has 0 unspecified atom stereocenters. The van der Waals surface area contributed by atoms with Crippen LogP contribution in [0.3, 0.4) is 0 Å². The summed E-state index contributed by atoms with van der Waals surface area (Å²) in [6.45, 7) is 0. The van der Waals surface area contributed by atoms with E-state index in [-0.39, 0.29) is 10.8 Å². The van der Waals surface area contributed by atoms with Crippen LogP contribution in [0.25, 0.3) is 5.69 Å². The van der Waals surface area contributed by atoms with Crippen molar-refractivity contribution in [1.82, 2.24) is 20.2 Å². The lowest BCUT2D eigenvalue weighted by molar-refractivity contribution is 0.484. The highest BCUT2D eigenvalue weighted by molar-refractivity contribution is 7.87. The minimum Gasteiger partial charge on any atom is -0.379 e. The summed E-state index contributed by atoms with van der Waals surface area (Å²) in [4.78, 5) is -0.452. The average Bonchev–Trinajstić information content (AvgIpc) is 3.04. The van der Waals surface area contributed by atoms with Crippen molar-refractivity contribution in [1.29, 1.82) is 0 Å².